The highest BCUT2D eigenvalue weighted by atomic mass is 35.5. The van der Waals surface area contributed by atoms with Crippen LogP contribution in [0.2, 0.25) is 10.0 Å². The van der Waals surface area contributed by atoms with Gasteiger partial charge in [0.2, 0.25) is 0 Å². The summed E-state index contributed by atoms with van der Waals surface area (Å²) >= 11 is 15.0. The minimum atomic E-state index is -0.334. The number of carbonyl (C=O) groups excluding carboxylic acids is 2. The average molecular weight is 443 g/mol. The fraction of sp³-hybridized carbons (Fsp3) is 0. The molecule has 1 aromatic carbocycles. The Morgan fingerprint density at radius 2 is 1.68 bits per heavy atom. The number of rotatable bonds is 2. The van der Waals surface area contributed by atoms with Gasteiger partial charge in [0.1, 0.15) is 9.84 Å². The van der Waals surface area contributed by atoms with Gasteiger partial charge >= 0.3 is 0 Å². The van der Waals surface area contributed by atoms with Crippen molar-refractivity contribution in [3.63, 3.8) is 0 Å². The van der Waals surface area contributed by atoms with Crippen LogP contribution in [0.1, 0.15) is 25.6 Å². The van der Waals surface area contributed by atoms with Crippen LogP contribution < -0.4 is 0 Å². The molecule has 8 heteroatoms. The molecule has 4 aromatic rings. The summed E-state index contributed by atoms with van der Waals surface area (Å²) in [6, 6.07) is 8.67. The van der Waals surface area contributed by atoms with Gasteiger partial charge in [-0.3, -0.25) is 14.6 Å². The summed E-state index contributed by atoms with van der Waals surface area (Å²) in [7, 11) is 0. The van der Waals surface area contributed by atoms with Crippen LogP contribution in [0.4, 0.5) is 0 Å². The summed E-state index contributed by atoms with van der Waals surface area (Å²) in [6.45, 7) is 0. The lowest BCUT2D eigenvalue weighted by Gasteiger charge is -1.98. The molecule has 136 valence electrons. The van der Waals surface area contributed by atoms with Crippen LogP contribution in [0.25, 0.3) is 26.2 Å². The summed E-state index contributed by atoms with van der Waals surface area (Å²) in [5.41, 5.74) is 1.66. The number of Topliss-reactive ketones (excluding diaryl/α,β-unsaturated/α-hetero) is 2. The monoisotopic (exact) mass is 442 g/mol. The van der Waals surface area contributed by atoms with Crippen LogP contribution in [0, 0.1) is 0 Å². The number of carbonyl (C=O) groups is 2. The first-order valence-electron chi connectivity index (χ1n) is 8.12. The number of pyridine rings is 1. The summed E-state index contributed by atoms with van der Waals surface area (Å²) in [5.74, 6) is -0.668. The van der Waals surface area contributed by atoms with Gasteiger partial charge in [0.05, 0.1) is 20.3 Å². The number of benzene rings is 1. The van der Waals surface area contributed by atoms with E-state index < -0.39 is 0 Å². The molecule has 3 aromatic heterocycles. The molecule has 4 nitrogen and oxygen atoms in total. The number of ketones is 2. The quantitative estimate of drug-likeness (QED) is 0.274. The van der Waals surface area contributed by atoms with Crippen LogP contribution >= 0.6 is 45.9 Å². The van der Waals surface area contributed by atoms with Crippen molar-refractivity contribution < 1.29 is 9.59 Å². The molecule has 28 heavy (non-hydrogen) atoms. The van der Waals surface area contributed by atoms with Crippen molar-refractivity contribution in [1.29, 1.82) is 0 Å². The van der Waals surface area contributed by atoms with E-state index in [4.69, 9.17) is 23.2 Å². The minimum Gasteiger partial charge on any atom is -0.288 e. The van der Waals surface area contributed by atoms with E-state index in [9.17, 15) is 9.59 Å². The first kappa shape index (κ1) is 17.7. The van der Waals surface area contributed by atoms with Gasteiger partial charge in [-0.05, 0) is 36.4 Å². The van der Waals surface area contributed by atoms with Gasteiger partial charge in [-0.2, -0.15) is 0 Å². The molecular formula is C20H8Cl2N2O2S2. The van der Waals surface area contributed by atoms with Crippen molar-refractivity contribution >= 4 is 73.0 Å². The number of hydrogen-bond acceptors (Lipinski definition) is 6. The van der Waals surface area contributed by atoms with Gasteiger partial charge in [0, 0.05) is 34.0 Å². The standard InChI is InChI=1S/C20H8Cl2N2O2S2/c21-14-6-11-12(7-15(14)22)18(26)13(17(11)25)4-10-5-16-20(27-10)24-19(28-16)9-2-1-3-23-8-9/h1-8H. The Labute approximate surface area is 177 Å². The molecule has 3 heterocycles. The molecule has 5 rings (SSSR count). The lowest BCUT2D eigenvalue weighted by Crippen LogP contribution is -1.99. The van der Waals surface area contributed by atoms with Gasteiger partial charge in [-0.25, -0.2) is 4.98 Å². The predicted octanol–water partition coefficient (Wildman–Crippen LogP) is 6.19. The van der Waals surface area contributed by atoms with Crippen molar-refractivity contribution in [2.24, 2.45) is 0 Å². The lowest BCUT2D eigenvalue weighted by atomic mass is 10.1. The molecule has 0 aliphatic heterocycles. The number of thiazole rings is 1. The second-order valence-corrected chi connectivity index (χ2v) is 9.01. The van der Waals surface area contributed by atoms with Gasteiger partial charge in [-0.1, -0.05) is 23.2 Å². The van der Waals surface area contributed by atoms with Gasteiger partial charge in [-0.15, -0.1) is 22.7 Å². The predicted molar refractivity (Wildman–Crippen MR) is 114 cm³/mol. The fourth-order valence-corrected chi connectivity index (χ4v) is 5.51. The SMILES string of the molecule is O=C1C(=Cc2cc3sc(-c4cccnc4)nc3s2)C(=O)c2cc(Cl)c(Cl)cc21. The Morgan fingerprint density at radius 1 is 0.964 bits per heavy atom. The maximum atomic E-state index is 12.7. The Hall–Kier alpha value is -2.38. The lowest BCUT2D eigenvalue weighted by molar-refractivity contribution is 0.0990. The third-order valence-corrected chi connectivity index (χ3v) is 7.22. The third kappa shape index (κ3) is 2.81. The molecule has 0 unspecified atom stereocenters. The molecule has 1 aliphatic rings. The van der Waals surface area contributed by atoms with E-state index in [-0.39, 0.29) is 27.2 Å². The molecular weight excluding hydrogens is 435 g/mol. The molecule has 0 bridgehead atoms. The first-order chi connectivity index (χ1) is 13.5. The van der Waals surface area contributed by atoms with Crippen molar-refractivity contribution in [2.75, 3.05) is 0 Å². The topological polar surface area (TPSA) is 59.9 Å². The molecule has 0 spiro atoms. The summed E-state index contributed by atoms with van der Waals surface area (Å²) in [4.78, 5) is 35.7. The van der Waals surface area contributed by atoms with E-state index in [1.54, 1.807) is 29.8 Å². The second-order valence-electron chi connectivity index (χ2n) is 6.11. The number of fused-ring (bicyclic) bond motifs is 2. The number of allylic oxidation sites excluding steroid dienone is 1. The van der Waals surface area contributed by atoms with Crippen LogP contribution in [0.15, 0.2) is 48.3 Å². The van der Waals surface area contributed by atoms with Gasteiger partial charge in [0.25, 0.3) is 0 Å². The average Bonchev–Trinajstić information content (AvgIpc) is 3.31. The largest absolute Gasteiger partial charge is 0.288 e. The summed E-state index contributed by atoms with van der Waals surface area (Å²) in [6.07, 6.45) is 5.11. The smallest absolute Gasteiger partial charge is 0.197 e. The van der Waals surface area contributed by atoms with E-state index in [1.165, 1.54) is 23.5 Å². The highest BCUT2D eigenvalue weighted by Gasteiger charge is 2.34. The normalized spacial score (nSPS) is 13.4. The maximum Gasteiger partial charge on any atom is 0.197 e. The van der Waals surface area contributed by atoms with Crippen molar-refractivity contribution in [1.82, 2.24) is 9.97 Å². The molecule has 0 radical (unpaired) electrons. The number of nitrogens with zero attached hydrogens (tertiary/aromatic N) is 2. The Bertz CT molecular complexity index is 1250. The molecule has 0 saturated heterocycles. The zero-order valence-corrected chi connectivity index (χ0v) is 17.0. The van der Waals surface area contributed by atoms with E-state index in [2.05, 4.69) is 9.97 Å². The minimum absolute atomic E-state index is 0.120. The van der Waals surface area contributed by atoms with Gasteiger partial charge < -0.3 is 0 Å². The highest BCUT2D eigenvalue weighted by molar-refractivity contribution is 7.29. The molecule has 0 fully saturated rings. The highest BCUT2D eigenvalue weighted by Crippen LogP contribution is 2.38. The second kappa shape index (κ2) is 6.60. The first-order valence-corrected chi connectivity index (χ1v) is 10.5. The number of halogens is 2. The summed E-state index contributed by atoms with van der Waals surface area (Å²) < 4.78 is 0.997. The number of aromatic nitrogens is 2. The van der Waals surface area contributed by atoms with E-state index >= 15 is 0 Å². The van der Waals surface area contributed by atoms with Gasteiger partial charge in [0.15, 0.2) is 11.6 Å². The van der Waals surface area contributed by atoms with E-state index in [1.807, 2.05) is 18.2 Å². The molecule has 0 saturated carbocycles. The fourth-order valence-electron chi connectivity index (χ4n) is 3.03. The van der Waals surface area contributed by atoms with E-state index in [0.717, 1.165) is 25.0 Å². The Morgan fingerprint density at radius 3 is 2.29 bits per heavy atom. The molecule has 0 atom stereocenters. The van der Waals surface area contributed by atoms with Crippen LogP contribution in [0.5, 0.6) is 0 Å². The van der Waals surface area contributed by atoms with Crippen LogP contribution in [-0.2, 0) is 0 Å². The Balaban J connectivity index is 1.53. The van der Waals surface area contributed by atoms with Crippen LogP contribution in [-0.4, -0.2) is 21.5 Å². The maximum absolute atomic E-state index is 12.7. The van der Waals surface area contributed by atoms with Crippen molar-refractivity contribution in [3.05, 3.63) is 74.3 Å². The number of hydrogen-bond donors (Lipinski definition) is 0. The molecule has 1 aliphatic carbocycles. The third-order valence-electron chi connectivity index (χ3n) is 4.34. The van der Waals surface area contributed by atoms with Crippen molar-refractivity contribution in [2.45, 2.75) is 0 Å². The van der Waals surface area contributed by atoms with E-state index in [0.29, 0.717) is 11.1 Å². The van der Waals surface area contributed by atoms with Crippen molar-refractivity contribution in [3.8, 4) is 10.6 Å². The molecule has 0 N–H and O–H groups in total. The Kier molecular flexibility index (Phi) is 4.17. The van der Waals surface area contributed by atoms with Crippen LogP contribution in [0.3, 0.4) is 0 Å². The summed E-state index contributed by atoms with van der Waals surface area (Å²) in [5, 5.41) is 1.40. The zero-order chi connectivity index (χ0) is 19.4. The zero-order valence-electron chi connectivity index (χ0n) is 13.9. The number of thiophene rings is 1. The molecule has 0 amide bonds.